The van der Waals surface area contributed by atoms with Crippen molar-refractivity contribution in [3.05, 3.63) is 41.9 Å². The van der Waals surface area contributed by atoms with Crippen molar-refractivity contribution < 1.29 is 14.0 Å². The Morgan fingerprint density at radius 2 is 1.92 bits per heavy atom. The first kappa shape index (κ1) is 26.3. The summed E-state index contributed by atoms with van der Waals surface area (Å²) in [6, 6.07) is 5.37. The zero-order valence-electron chi connectivity index (χ0n) is 20.8. The van der Waals surface area contributed by atoms with Crippen molar-refractivity contribution in [3.8, 4) is 11.9 Å². The van der Waals surface area contributed by atoms with Crippen LogP contribution in [0.5, 0.6) is 0 Å². The Balaban J connectivity index is 1.48. The SMILES string of the molecule is CSN1CCN(C(=O)C(F)CNC(=O)c2cnc(-n3ncc4cc(C#N)cnc43)cc2NC(C)C)CC1. The standard InChI is InChI=1S/C24H28FN9O2S/c1-15(2)31-20-9-21(34-22-17(12-30-34)8-16(10-26)11-28-22)27-13-18(20)23(35)29-14-19(25)24(36)32-4-6-33(37-3)7-5-32/h8-9,11-13,15,19H,4-7,14H2,1-3H3,(H,27,31)(H,29,35). The summed E-state index contributed by atoms with van der Waals surface area (Å²) in [6.45, 7) is 5.67. The predicted molar refractivity (Wildman–Crippen MR) is 139 cm³/mol. The van der Waals surface area contributed by atoms with Gasteiger partial charge in [-0.3, -0.25) is 9.59 Å². The number of nitrogens with zero attached hydrogens (tertiary/aromatic N) is 7. The summed E-state index contributed by atoms with van der Waals surface area (Å²) >= 11 is 1.60. The highest BCUT2D eigenvalue weighted by Crippen LogP contribution is 2.22. The van der Waals surface area contributed by atoms with Gasteiger partial charge in [-0.1, -0.05) is 11.9 Å². The molecule has 0 spiro atoms. The number of carbonyl (C=O) groups is 2. The minimum atomic E-state index is -1.83. The van der Waals surface area contributed by atoms with Gasteiger partial charge in [-0.2, -0.15) is 15.0 Å². The molecule has 1 fully saturated rings. The zero-order chi connectivity index (χ0) is 26.5. The minimum Gasteiger partial charge on any atom is -0.382 e. The van der Waals surface area contributed by atoms with E-state index in [1.54, 1.807) is 30.3 Å². The molecule has 1 saturated heterocycles. The van der Waals surface area contributed by atoms with E-state index in [0.29, 0.717) is 54.3 Å². The van der Waals surface area contributed by atoms with E-state index in [9.17, 15) is 14.0 Å². The predicted octanol–water partition coefficient (Wildman–Crippen LogP) is 2.00. The Labute approximate surface area is 218 Å². The van der Waals surface area contributed by atoms with Crippen LogP contribution >= 0.6 is 11.9 Å². The number of nitrogens with one attached hydrogen (secondary N) is 2. The molecule has 11 nitrogen and oxygen atoms in total. The fourth-order valence-electron chi connectivity index (χ4n) is 3.98. The largest absolute Gasteiger partial charge is 0.382 e. The molecular formula is C24H28FN9O2S. The van der Waals surface area contributed by atoms with Crippen LogP contribution in [0, 0.1) is 11.3 Å². The lowest BCUT2D eigenvalue weighted by atomic mass is 10.2. The van der Waals surface area contributed by atoms with Crippen molar-refractivity contribution in [1.29, 1.82) is 5.26 Å². The van der Waals surface area contributed by atoms with Gasteiger partial charge in [-0.15, -0.1) is 0 Å². The van der Waals surface area contributed by atoms with E-state index in [4.69, 9.17) is 5.26 Å². The van der Waals surface area contributed by atoms with Crippen LogP contribution in [0.15, 0.2) is 30.7 Å². The summed E-state index contributed by atoms with van der Waals surface area (Å²) < 4.78 is 18.3. The van der Waals surface area contributed by atoms with E-state index < -0.39 is 24.5 Å². The molecule has 0 aromatic carbocycles. The van der Waals surface area contributed by atoms with E-state index in [1.165, 1.54) is 22.0 Å². The maximum absolute atomic E-state index is 14.7. The molecule has 1 unspecified atom stereocenters. The second kappa shape index (κ2) is 11.5. The molecule has 0 bridgehead atoms. The number of rotatable bonds is 8. The molecule has 1 aliphatic rings. The Morgan fingerprint density at radius 1 is 1.16 bits per heavy atom. The first-order chi connectivity index (χ1) is 17.8. The maximum atomic E-state index is 14.7. The summed E-state index contributed by atoms with van der Waals surface area (Å²) in [7, 11) is 0. The third kappa shape index (κ3) is 5.98. The van der Waals surface area contributed by atoms with Crippen LogP contribution in [0.3, 0.4) is 0 Å². The Kier molecular flexibility index (Phi) is 8.20. The molecule has 2 N–H and O–H groups in total. The highest BCUT2D eigenvalue weighted by atomic mass is 32.2. The molecule has 37 heavy (non-hydrogen) atoms. The number of fused-ring (bicyclic) bond motifs is 1. The van der Waals surface area contributed by atoms with Crippen LogP contribution in [0.1, 0.15) is 29.8 Å². The molecule has 0 saturated carbocycles. The van der Waals surface area contributed by atoms with Gasteiger partial charge in [-0.25, -0.2) is 18.7 Å². The minimum absolute atomic E-state index is 0.0112. The monoisotopic (exact) mass is 525 g/mol. The molecule has 1 atom stereocenters. The van der Waals surface area contributed by atoms with Crippen LogP contribution in [-0.4, -0.2) is 92.0 Å². The number of amides is 2. The number of hydrogen-bond acceptors (Lipinski definition) is 9. The van der Waals surface area contributed by atoms with Gasteiger partial charge >= 0.3 is 0 Å². The molecule has 2 amide bonds. The number of carbonyl (C=O) groups excluding carboxylic acids is 2. The van der Waals surface area contributed by atoms with Crippen molar-refractivity contribution in [3.63, 3.8) is 0 Å². The molecule has 4 heterocycles. The van der Waals surface area contributed by atoms with Crippen LogP contribution in [0.4, 0.5) is 10.1 Å². The highest BCUT2D eigenvalue weighted by molar-refractivity contribution is 7.96. The van der Waals surface area contributed by atoms with Gasteiger partial charge in [0.25, 0.3) is 11.8 Å². The Hall–Kier alpha value is -3.76. The zero-order valence-corrected chi connectivity index (χ0v) is 21.6. The molecule has 4 rings (SSSR count). The van der Waals surface area contributed by atoms with Crippen LogP contribution in [0.25, 0.3) is 16.9 Å². The second-order valence-electron chi connectivity index (χ2n) is 8.81. The van der Waals surface area contributed by atoms with Crippen molar-refractivity contribution in [2.24, 2.45) is 0 Å². The number of aromatic nitrogens is 4. The normalized spacial score (nSPS) is 15.0. The average Bonchev–Trinajstić information content (AvgIpc) is 3.34. The van der Waals surface area contributed by atoms with Crippen LogP contribution in [-0.2, 0) is 4.79 Å². The molecule has 194 valence electrons. The molecule has 1 aliphatic heterocycles. The molecule has 3 aromatic rings. The van der Waals surface area contributed by atoms with E-state index in [2.05, 4.69) is 30.0 Å². The first-order valence-corrected chi connectivity index (χ1v) is 13.0. The number of halogens is 1. The highest BCUT2D eigenvalue weighted by Gasteiger charge is 2.28. The molecule has 13 heteroatoms. The van der Waals surface area contributed by atoms with E-state index >= 15 is 0 Å². The van der Waals surface area contributed by atoms with Gasteiger partial charge in [-0.05, 0) is 26.2 Å². The van der Waals surface area contributed by atoms with Crippen molar-refractivity contribution in [1.82, 2.24) is 34.3 Å². The number of nitriles is 1. The van der Waals surface area contributed by atoms with Gasteiger partial charge in [0.15, 0.2) is 17.6 Å². The summed E-state index contributed by atoms with van der Waals surface area (Å²) in [5.41, 5.74) is 1.61. The third-order valence-electron chi connectivity index (χ3n) is 5.85. The summed E-state index contributed by atoms with van der Waals surface area (Å²) in [6.07, 6.45) is 4.54. The van der Waals surface area contributed by atoms with E-state index in [-0.39, 0.29) is 11.6 Å². The number of alkyl halides is 1. The van der Waals surface area contributed by atoms with E-state index in [0.717, 1.165) is 0 Å². The van der Waals surface area contributed by atoms with Crippen molar-refractivity contribution in [2.45, 2.75) is 26.1 Å². The number of anilines is 1. The third-order valence-corrected chi connectivity index (χ3v) is 6.73. The number of pyridine rings is 2. The van der Waals surface area contributed by atoms with Crippen LogP contribution in [0.2, 0.25) is 0 Å². The summed E-state index contributed by atoms with van der Waals surface area (Å²) in [5.74, 6) is -0.755. The van der Waals surface area contributed by atoms with Crippen molar-refractivity contribution >= 4 is 40.5 Å². The van der Waals surface area contributed by atoms with Gasteiger partial charge in [0, 0.05) is 56.1 Å². The number of hydrogen-bond donors (Lipinski definition) is 2. The molecule has 0 radical (unpaired) electrons. The van der Waals surface area contributed by atoms with Gasteiger partial charge < -0.3 is 15.5 Å². The smallest absolute Gasteiger partial charge is 0.259 e. The van der Waals surface area contributed by atoms with Gasteiger partial charge in [0.05, 0.1) is 29.6 Å². The second-order valence-corrected chi connectivity index (χ2v) is 9.69. The fraction of sp³-hybridized carbons (Fsp3) is 0.417. The Morgan fingerprint density at radius 3 is 2.59 bits per heavy atom. The average molecular weight is 526 g/mol. The quantitative estimate of drug-likeness (QED) is 0.424. The number of piperazine rings is 1. The lowest BCUT2D eigenvalue weighted by Crippen LogP contribution is -2.50. The van der Waals surface area contributed by atoms with Crippen LogP contribution < -0.4 is 10.6 Å². The summed E-state index contributed by atoms with van der Waals surface area (Å²) in [4.78, 5) is 35.6. The fourth-order valence-corrected chi connectivity index (χ4v) is 4.50. The molecule has 0 aliphatic carbocycles. The van der Waals surface area contributed by atoms with Crippen molar-refractivity contribution in [2.75, 3.05) is 44.3 Å². The van der Waals surface area contributed by atoms with Gasteiger partial charge in [0.1, 0.15) is 6.07 Å². The first-order valence-electron chi connectivity index (χ1n) is 11.8. The van der Waals surface area contributed by atoms with Gasteiger partial charge in [0.2, 0.25) is 0 Å². The molecular weight excluding hydrogens is 497 g/mol. The topological polar surface area (TPSA) is 132 Å². The lowest BCUT2D eigenvalue weighted by molar-refractivity contribution is -0.137. The Bertz CT molecular complexity index is 1330. The molecule has 3 aromatic heterocycles. The summed E-state index contributed by atoms with van der Waals surface area (Å²) in [5, 5.41) is 19.8. The van der Waals surface area contributed by atoms with E-state index in [1.807, 2.05) is 26.2 Å². The maximum Gasteiger partial charge on any atom is 0.259 e. The lowest BCUT2D eigenvalue weighted by Gasteiger charge is -2.33.